The number of nitrogen functional groups attached to an aromatic ring is 1. The van der Waals surface area contributed by atoms with Crippen molar-refractivity contribution >= 4 is 33.2 Å². The minimum atomic E-state index is -4.61. The van der Waals surface area contributed by atoms with Crippen molar-refractivity contribution in [2.45, 2.75) is 24.9 Å². The first-order valence-electron chi connectivity index (χ1n) is 5.80. The molecule has 0 spiro atoms. The molecule has 3 rings (SSSR count). The summed E-state index contributed by atoms with van der Waals surface area (Å²) in [5.41, 5.74) is 4.52. The minimum absolute atomic E-state index is 0.00146. The SMILES string of the molecule is Nc1c(C(=O)[O-])sc2nc(C3CC3)cc(C(F)(F)F)c12. The van der Waals surface area contributed by atoms with Crippen molar-refractivity contribution in [3.05, 3.63) is 22.2 Å². The van der Waals surface area contributed by atoms with Gasteiger partial charge in [-0.15, -0.1) is 11.3 Å². The van der Waals surface area contributed by atoms with Gasteiger partial charge in [0.25, 0.3) is 0 Å². The number of aromatic carboxylic acids is 1. The third-order valence-corrected chi connectivity index (χ3v) is 4.28. The molecule has 106 valence electrons. The average molecular weight is 301 g/mol. The van der Waals surface area contributed by atoms with E-state index in [9.17, 15) is 23.1 Å². The minimum Gasteiger partial charge on any atom is -0.544 e. The maximum atomic E-state index is 13.1. The lowest BCUT2D eigenvalue weighted by Gasteiger charge is -2.10. The van der Waals surface area contributed by atoms with E-state index >= 15 is 0 Å². The van der Waals surface area contributed by atoms with E-state index in [1.54, 1.807) is 0 Å². The average Bonchev–Trinajstić information content (AvgIpc) is 3.12. The molecular formula is C12H8F3N2O2S-. The quantitative estimate of drug-likeness (QED) is 0.921. The van der Waals surface area contributed by atoms with Gasteiger partial charge in [0.1, 0.15) is 4.83 Å². The molecular weight excluding hydrogens is 293 g/mol. The van der Waals surface area contributed by atoms with Crippen LogP contribution >= 0.6 is 11.3 Å². The smallest absolute Gasteiger partial charge is 0.417 e. The first-order valence-corrected chi connectivity index (χ1v) is 6.62. The number of alkyl halides is 3. The van der Waals surface area contributed by atoms with Gasteiger partial charge in [0.15, 0.2) is 0 Å². The van der Waals surface area contributed by atoms with E-state index in [0.29, 0.717) is 17.0 Å². The van der Waals surface area contributed by atoms with Gasteiger partial charge in [0.2, 0.25) is 0 Å². The van der Waals surface area contributed by atoms with Gasteiger partial charge in [-0.1, -0.05) is 0 Å². The van der Waals surface area contributed by atoms with E-state index in [0.717, 1.165) is 18.9 Å². The van der Waals surface area contributed by atoms with Crippen LogP contribution in [-0.4, -0.2) is 11.0 Å². The molecule has 1 fully saturated rings. The summed E-state index contributed by atoms with van der Waals surface area (Å²) in [6.07, 6.45) is -3.02. The molecule has 1 aliphatic carbocycles. The summed E-state index contributed by atoms with van der Waals surface area (Å²) in [5, 5.41) is 10.6. The van der Waals surface area contributed by atoms with Crippen LogP contribution in [0.3, 0.4) is 0 Å². The van der Waals surface area contributed by atoms with Crippen LogP contribution in [0.5, 0.6) is 0 Å². The largest absolute Gasteiger partial charge is 0.544 e. The van der Waals surface area contributed by atoms with Crippen LogP contribution in [0.15, 0.2) is 6.07 Å². The molecule has 1 aliphatic rings. The van der Waals surface area contributed by atoms with Crippen LogP contribution in [0.2, 0.25) is 0 Å². The number of fused-ring (bicyclic) bond motifs is 1. The van der Waals surface area contributed by atoms with Crippen molar-refractivity contribution in [1.29, 1.82) is 0 Å². The van der Waals surface area contributed by atoms with Gasteiger partial charge >= 0.3 is 6.18 Å². The second kappa shape index (κ2) is 4.08. The van der Waals surface area contributed by atoms with Crippen LogP contribution in [0.4, 0.5) is 18.9 Å². The molecule has 2 N–H and O–H groups in total. The number of carbonyl (C=O) groups is 1. The molecule has 0 saturated heterocycles. The third-order valence-electron chi connectivity index (χ3n) is 3.21. The number of pyridine rings is 1. The Kier molecular flexibility index (Phi) is 2.69. The van der Waals surface area contributed by atoms with Gasteiger partial charge in [-0.05, 0) is 18.9 Å². The molecule has 1 saturated carbocycles. The van der Waals surface area contributed by atoms with Gasteiger partial charge in [0, 0.05) is 17.0 Å². The summed E-state index contributed by atoms with van der Waals surface area (Å²) in [4.78, 5) is 14.6. The molecule has 20 heavy (non-hydrogen) atoms. The van der Waals surface area contributed by atoms with Crippen LogP contribution < -0.4 is 10.8 Å². The highest BCUT2D eigenvalue weighted by molar-refractivity contribution is 7.21. The Hall–Kier alpha value is -1.83. The fraction of sp³-hybridized carbons (Fsp3) is 0.333. The molecule has 0 radical (unpaired) electrons. The van der Waals surface area contributed by atoms with Crippen LogP contribution in [0, 0.1) is 0 Å². The lowest BCUT2D eigenvalue weighted by atomic mass is 10.1. The van der Waals surface area contributed by atoms with Crippen molar-refractivity contribution < 1.29 is 23.1 Å². The highest BCUT2D eigenvalue weighted by atomic mass is 32.1. The van der Waals surface area contributed by atoms with Gasteiger partial charge in [-0.25, -0.2) is 4.98 Å². The molecule has 2 heterocycles. The number of carboxylic acid groups (broad SMARTS) is 1. The van der Waals surface area contributed by atoms with E-state index in [1.165, 1.54) is 0 Å². The Morgan fingerprint density at radius 2 is 2.10 bits per heavy atom. The molecule has 0 aromatic carbocycles. The Labute approximate surface area is 115 Å². The highest BCUT2D eigenvalue weighted by Crippen LogP contribution is 2.46. The van der Waals surface area contributed by atoms with E-state index in [2.05, 4.69) is 4.98 Å². The van der Waals surface area contributed by atoms with Crippen molar-refractivity contribution in [2.24, 2.45) is 0 Å². The summed E-state index contributed by atoms with van der Waals surface area (Å²) < 4.78 is 39.4. The van der Waals surface area contributed by atoms with Gasteiger partial charge in [-0.3, -0.25) is 0 Å². The van der Waals surface area contributed by atoms with Crippen molar-refractivity contribution in [2.75, 3.05) is 5.73 Å². The predicted molar refractivity (Wildman–Crippen MR) is 65.3 cm³/mol. The van der Waals surface area contributed by atoms with Gasteiger partial charge < -0.3 is 15.6 Å². The second-order valence-electron chi connectivity index (χ2n) is 4.68. The molecule has 0 amide bonds. The zero-order chi connectivity index (χ0) is 14.7. The maximum absolute atomic E-state index is 13.1. The van der Waals surface area contributed by atoms with E-state index in [-0.39, 0.29) is 16.1 Å². The predicted octanol–water partition coefficient (Wildman–Crippen LogP) is 2.14. The molecule has 2 aromatic rings. The monoisotopic (exact) mass is 301 g/mol. The first kappa shape index (κ1) is 13.2. The molecule has 0 aliphatic heterocycles. The number of anilines is 1. The molecule has 0 atom stereocenters. The van der Waals surface area contributed by atoms with E-state index in [4.69, 9.17) is 5.73 Å². The summed E-state index contributed by atoms with van der Waals surface area (Å²) in [6, 6.07) is 0.974. The van der Waals surface area contributed by atoms with Gasteiger partial charge in [0.05, 0.1) is 22.1 Å². The van der Waals surface area contributed by atoms with Crippen LogP contribution in [0.25, 0.3) is 10.2 Å². The number of carbonyl (C=O) groups excluding carboxylic acids is 1. The number of nitrogens with two attached hydrogens (primary N) is 1. The summed E-state index contributed by atoms with van der Waals surface area (Å²) in [7, 11) is 0. The number of nitrogens with zero attached hydrogens (tertiary/aromatic N) is 1. The van der Waals surface area contributed by atoms with Crippen molar-refractivity contribution in [1.82, 2.24) is 4.98 Å². The number of halogens is 3. The number of hydrogen-bond donors (Lipinski definition) is 1. The molecule has 0 bridgehead atoms. The zero-order valence-electron chi connectivity index (χ0n) is 9.95. The second-order valence-corrected chi connectivity index (χ2v) is 5.68. The zero-order valence-corrected chi connectivity index (χ0v) is 10.8. The number of rotatable bonds is 2. The van der Waals surface area contributed by atoms with E-state index in [1.807, 2.05) is 0 Å². The first-order chi connectivity index (χ1) is 9.29. The van der Waals surface area contributed by atoms with Crippen LogP contribution in [-0.2, 0) is 6.18 Å². The number of carboxylic acids is 1. The Bertz CT molecular complexity index is 720. The molecule has 0 unspecified atom stereocenters. The standard InChI is InChI=1S/C12H9F3N2O2S/c13-12(14,15)5-3-6(4-1-2-4)17-10-7(5)8(16)9(20-10)11(18)19/h3-4H,1-2,16H2,(H,18,19)/p-1. The summed E-state index contributed by atoms with van der Waals surface area (Å²) >= 11 is 0.623. The lowest BCUT2D eigenvalue weighted by molar-refractivity contribution is -0.254. The number of thiophene rings is 1. The molecule has 8 heteroatoms. The lowest BCUT2D eigenvalue weighted by Crippen LogP contribution is -2.22. The highest BCUT2D eigenvalue weighted by Gasteiger charge is 2.37. The third kappa shape index (κ3) is 2.00. The van der Waals surface area contributed by atoms with Crippen molar-refractivity contribution in [3.8, 4) is 0 Å². The Morgan fingerprint density at radius 3 is 2.60 bits per heavy atom. The summed E-state index contributed by atoms with van der Waals surface area (Å²) in [5.74, 6) is -1.57. The number of hydrogen-bond acceptors (Lipinski definition) is 5. The Balaban J connectivity index is 2.35. The fourth-order valence-electron chi connectivity index (χ4n) is 2.10. The molecule has 2 aromatic heterocycles. The number of aromatic nitrogens is 1. The Morgan fingerprint density at radius 1 is 1.45 bits per heavy atom. The van der Waals surface area contributed by atoms with Gasteiger partial charge in [-0.2, -0.15) is 13.2 Å². The normalized spacial score (nSPS) is 15.8. The summed E-state index contributed by atoms with van der Waals surface area (Å²) in [6.45, 7) is 0. The maximum Gasteiger partial charge on any atom is 0.417 e. The fourth-order valence-corrected chi connectivity index (χ4v) is 3.07. The topological polar surface area (TPSA) is 79.0 Å². The van der Waals surface area contributed by atoms with E-state index < -0.39 is 28.3 Å². The van der Waals surface area contributed by atoms with Crippen molar-refractivity contribution in [3.63, 3.8) is 0 Å². The molecule has 4 nitrogen and oxygen atoms in total. The van der Waals surface area contributed by atoms with Crippen LogP contribution in [0.1, 0.15) is 39.7 Å².